The van der Waals surface area contributed by atoms with E-state index in [1.807, 2.05) is 67.6 Å². The highest BCUT2D eigenvalue weighted by molar-refractivity contribution is 7.21. The summed E-state index contributed by atoms with van der Waals surface area (Å²) in [6, 6.07) is 23.3. The fourth-order valence-corrected chi connectivity index (χ4v) is 12.3. The molecule has 55 heavy (non-hydrogen) atoms. The lowest BCUT2D eigenvalue weighted by atomic mass is 10.1. The summed E-state index contributed by atoms with van der Waals surface area (Å²) >= 11 is 1.25. The van der Waals surface area contributed by atoms with E-state index in [9.17, 15) is 18.8 Å². The number of hydrogen-bond acceptors (Lipinski definition) is 10. The molecule has 1 amide bonds. The summed E-state index contributed by atoms with van der Waals surface area (Å²) in [4.78, 5) is 45.9. The fraction of sp³-hybridized carbons (Fsp3) is 0.325. The molecule has 0 spiro atoms. The second-order valence-electron chi connectivity index (χ2n) is 14.2. The zero-order valence-electron chi connectivity index (χ0n) is 31.1. The van der Waals surface area contributed by atoms with Crippen LogP contribution in [0.15, 0.2) is 96.1 Å². The maximum Gasteiger partial charge on any atom is 0.301 e. The van der Waals surface area contributed by atoms with Gasteiger partial charge < -0.3 is 24.3 Å². The van der Waals surface area contributed by atoms with Gasteiger partial charge in [0.15, 0.2) is 0 Å². The Morgan fingerprint density at radius 3 is 2.33 bits per heavy atom. The first-order valence-electron chi connectivity index (χ1n) is 18.1. The van der Waals surface area contributed by atoms with Crippen LogP contribution in [0, 0.1) is 12.7 Å². The largest absolute Gasteiger partial charge is 0.496 e. The summed E-state index contributed by atoms with van der Waals surface area (Å²) in [5.74, 6) is -0.260. The van der Waals surface area contributed by atoms with E-state index < -0.39 is 31.3 Å². The van der Waals surface area contributed by atoms with E-state index in [0.717, 1.165) is 10.4 Å². The van der Waals surface area contributed by atoms with E-state index in [4.69, 9.17) is 19.2 Å². The van der Waals surface area contributed by atoms with E-state index in [-0.39, 0.29) is 43.7 Å². The molecular weight excluding hydrogens is 740 g/mol. The lowest BCUT2D eigenvalue weighted by Gasteiger charge is -2.41. The number of benzene rings is 3. The summed E-state index contributed by atoms with van der Waals surface area (Å²) in [5, 5.41) is 13.6. The van der Waals surface area contributed by atoms with Crippen LogP contribution in [0.1, 0.15) is 56.4 Å². The molecule has 15 heteroatoms. The molecular formula is C40H43FN6O6SSi. The predicted octanol–water partition coefficient (Wildman–Crippen LogP) is 5.01. The average Bonchev–Trinajstić information content (AvgIpc) is 3.95. The first-order valence-corrected chi connectivity index (χ1v) is 20.9. The van der Waals surface area contributed by atoms with Crippen LogP contribution in [0.3, 0.4) is 0 Å². The van der Waals surface area contributed by atoms with Gasteiger partial charge in [-0.3, -0.25) is 14.2 Å². The van der Waals surface area contributed by atoms with Crippen molar-refractivity contribution >= 4 is 46.2 Å². The normalized spacial score (nSPS) is 15.3. The summed E-state index contributed by atoms with van der Waals surface area (Å²) in [6.07, 6.45) is 3.53. The van der Waals surface area contributed by atoms with Crippen molar-refractivity contribution in [2.75, 3.05) is 26.9 Å². The molecule has 0 radical (unpaired) electrons. The Kier molecular flexibility index (Phi) is 11.0. The lowest BCUT2D eigenvalue weighted by molar-refractivity contribution is -0.119. The third-order valence-corrected chi connectivity index (χ3v) is 16.1. The van der Waals surface area contributed by atoms with Crippen molar-refractivity contribution in [1.82, 2.24) is 29.9 Å². The molecule has 12 nitrogen and oxygen atoms in total. The monoisotopic (exact) mass is 782 g/mol. The minimum absolute atomic E-state index is 0.00659. The van der Waals surface area contributed by atoms with Gasteiger partial charge in [-0.1, -0.05) is 85.8 Å². The molecule has 1 aliphatic rings. The highest BCUT2D eigenvalue weighted by Crippen LogP contribution is 2.40. The molecule has 1 fully saturated rings. The first kappa shape index (κ1) is 38.1. The van der Waals surface area contributed by atoms with Gasteiger partial charge >= 0.3 is 6.01 Å². The molecule has 3 aromatic heterocycles. The van der Waals surface area contributed by atoms with Crippen LogP contribution in [0.4, 0.5) is 4.39 Å². The molecule has 0 saturated carbocycles. The van der Waals surface area contributed by atoms with E-state index in [2.05, 4.69) is 29.4 Å². The molecule has 2 N–H and O–H groups in total. The highest BCUT2D eigenvalue weighted by Gasteiger charge is 2.49. The number of carbonyl (C=O) groups excluding carboxylic acids is 1. The van der Waals surface area contributed by atoms with Crippen LogP contribution in [0.25, 0.3) is 15.2 Å². The molecule has 4 heterocycles. The minimum Gasteiger partial charge on any atom is -0.496 e. The van der Waals surface area contributed by atoms with Crippen molar-refractivity contribution in [2.45, 2.75) is 57.2 Å². The SMILES string of the molecule is COc1ccc(F)cc1[C@H](COc1nc2sc(-n3nccn3)c(C)c2c(=O)n1C1CNC(=O)C1)OCCCC(C)(C)[Si](O)(c1ccccc1)c1ccccc1. The number of hydrogen-bond donors (Lipinski definition) is 2. The zero-order valence-corrected chi connectivity index (χ0v) is 32.9. The fourth-order valence-electron chi connectivity index (χ4n) is 7.44. The van der Waals surface area contributed by atoms with Crippen LogP contribution in [-0.2, 0) is 9.53 Å². The number of aryl methyl sites for hydroxylation is 1. The Labute approximate surface area is 322 Å². The number of rotatable bonds is 15. The molecule has 1 aliphatic heterocycles. The second kappa shape index (κ2) is 15.9. The van der Waals surface area contributed by atoms with Crippen molar-refractivity contribution in [3.63, 3.8) is 0 Å². The van der Waals surface area contributed by atoms with E-state index in [1.165, 1.54) is 46.0 Å². The van der Waals surface area contributed by atoms with Crippen molar-refractivity contribution in [3.8, 4) is 16.8 Å². The number of thiophene rings is 1. The van der Waals surface area contributed by atoms with Gasteiger partial charge in [0, 0.05) is 30.7 Å². The molecule has 1 unspecified atom stereocenters. The second-order valence-corrected chi connectivity index (χ2v) is 19.2. The number of carbonyl (C=O) groups is 1. The van der Waals surface area contributed by atoms with Crippen molar-refractivity contribution in [2.24, 2.45) is 0 Å². The van der Waals surface area contributed by atoms with Gasteiger partial charge in [-0.05, 0) is 53.4 Å². The number of ether oxygens (including phenoxy) is 3. The Morgan fingerprint density at radius 2 is 1.71 bits per heavy atom. The maximum absolute atomic E-state index is 14.8. The van der Waals surface area contributed by atoms with Gasteiger partial charge in [0.2, 0.25) is 5.91 Å². The summed E-state index contributed by atoms with van der Waals surface area (Å²) in [5.41, 5.74) is 0.729. The number of amides is 1. The number of nitrogens with zero attached hydrogens (tertiary/aromatic N) is 5. The quantitative estimate of drug-likeness (QED) is 0.109. The predicted molar refractivity (Wildman–Crippen MR) is 211 cm³/mol. The zero-order chi connectivity index (χ0) is 38.7. The molecule has 286 valence electrons. The average molecular weight is 783 g/mol. The number of methoxy groups -OCH3 is 1. The number of aromatic nitrogens is 5. The van der Waals surface area contributed by atoms with Gasteiger partial charge in [-0.25, -0.2) is 4.39 Å². The minimum atomic E-state index is -3.25. The van der Waals surface area contributed by atoms with Crippen LogP contribution in [-0.4, -0.2) is 70.4 Å². The molecule has 6 aromatic rings. The third kappa shape index (κ3) is 7.44. The summed E-state index contributed by atoms with van der Waals surface area (Å²) < 4.78 is 34.7. The standard InChI is InChI=1S/C40H43FN6O6SSi/c1-26-35-36(54-38(26)47-43-19-20-44-47)45-39(46(37(35)49)28-23-34(48)42-24-28)53-25-33(31-22-27(41)16-17-32(31)51-4)52-21-11-18-40(2,3)55(50,29-12-7-5-8-13-29)30-14-9-6-10-15-30/h5-10,12-17,19-20,22,28,33,50H,11,18,21,23-25H2,1-4H3,(H,42,48)/t28?,33-/m0/s1. The van der Waals surface area contributed by atoms with E-state index in [1.54, 1.807) is 12.4 Å². The molecule has 3 aromatic carbocycles. The van der Waals surface area contributed by atoms with Crippen LogP contribution in [0.5, 0.6) is 11.8 Å². The van der Waals surface area contributed by atoms with E-state index >= 15 is 0 Å². The third-order valence-electron chi connectivity index (χ3n) is 10.4. The smallest absolute Gasteiger partial charge is 0.301 e. The Bertz CT molecular complexity index is 2300. The molecule has 0 aliphatic carbocycles. The number of fused-ring (bicyclic) bond motifs is 1. The van der Waals surface area contributed by atoms with Crippen LogP contribution in [0.2, 0.25) is 5.04 Å². The van der Waals surface area contributed by atoms with Gasteiger partial charge in [-0.15, -0.1) is 4.80 Å². The molecule has 1 saturated heterocycles. The van der Waals surface area contributed by atoms with E-state index in [0.29, 0.717) is 44.9 Å². The van der Waals surface area contributed by atoms with Gasteiger partial charge in [0.1, 0.15) is 34.1 Å². The van der Waals surface area contributed by atoms with Crippen LogP contribution < -0.4 is 30.7 Å². The maximum atomic E-state index is 14.8. The molecule has 0 bridgehead atoms. The molecule has 7 rings (SSSR count). The Balaban J connectivity index is 1.18. The van der Waals surface area contributed by atoms with Gasteiger partial charge in [0.25, 0.3) is 13.9 Å². The topological polar surface area (TPSA) is 143 Å². The van der Waals surface area contributed by atoms with Crippen LogP contribution >= 0.6 is 11.3 Å². The van der Waals surface area contributed by atoms with Crippen molar-refractivity contribution < 1.29 is 28.2 Å². The number of nitrogens with one attached hydrogen (secondary N) is 1. The summed E-state index contributed by atoms with van der Waals surface area (Å²) in [6.45, 7) is 6.33. The van der Waals surface area contributed by atoms with Gasteiger partial charge in [0.05, 0.1) is 30.9 Å². The Hall–Kier alpha value is -5.22. The Morgan fingerprint density at radius 1 is 1.04 bits per heavy atom. The highest BCUT2D eigenvalue weighted by atomic mass is 32.1. The van der Waals surface area contributed by atoms with Crippen molar-refractivity contribution in [1.29, 1.82) is 0 Å². The molecule has 2 atom stereocenters. The first-order chi connectivity index (χ1) is 26.5. The number of halogens is 1. The summed E-state index contributed by atoms with van der Waals surface area (Å²) in [7, 11) is -1.75. The lowest BCUT2D eigenvalue weighted by Crippen LogP contribution is -2.65. The van der Waals surface area contributed by atoms with Crippen molar-refractivity contribution in [3.05, 3.63) is 119 Å². The van der Waals surface area contributed by atoms with Gasteiger partial charge in [-0.2, -0.15) is 15.2 Å².